The predicted octanol–water partition coefficient (Wildman–Crippen LogP) is 2.74. The van der Waals surface area contributed by atoms with Crippen LogP contribution in [0.4, 0.5) is 0 Å². The molecule has 2 aromatic rings. The summed E-state index contributed by atoms with van der Waals surface area (Å²) in [6.07, 6.45) is 4.80. The largest absolute Gasteiger partial charge is 0.349 e. The van der Waals surface area contributed by atoms with Crippen LogP contribution < -0.4 is 0 Å². The topological polar surface area (TPSA) is 17.8 Å². The van der Waals surface area contributed by atoms with Gasteiger partial charge in [-0.05, 0) is 44.0 Å². The van der Waals surface area contributed by atoms with E-state index in [1.54, 1.807) is 0 Å². The van der Waals surface area contributed by atoms with Crippen molar-refractivity contribution in [3.63, 3.8) is 0 Å². The lowest BCUT2D eigenvalue weighted by atomic mass is 10.2. The van der Waals surface area contributed by atoms with E-state index in [0.717, 1.165) is 13.0 Å². The average Bonchev–Trinajstić information content (AvgIpc) is 2.58. The van der Waals surface area contributed by atoms with E-state index in [1.807, 2.05) is 18.5 Å². The highest BCUT2D eigenvalue weighted by molar-refractivity contribution is 5.15. The first-order valence-corrected chi connectivity index (χ1v) is 5.29. The number of hydrogen-bond acceptors (Lipinski definition) is 1. The molecule has 0 atom stereocenters. The smallest absolute Gasteiger partial charge is 0.0300 e. The summed E-state index contributed by atoms with van der Waals surface area (Å²) in [5, 5.41) is 0. The minimum absolute atomic E-state index is 1.04. The SMILES string of the molecule is Cc1ccc(C)n1CCc1cccnc1. The van der Waals surface area contributed by atoms with Crippen LogP contribution in [0.1, 0.15) is 17.0 Å². The maximum absolute atomic E-state index is 4.12. The molecule has 0 spiro atoms. The summed E-state index contributed by atoms with van der Waals surface area (Å²) in [7, 11) is 0. The van der Waals surface area contributed by atoms with Crippen LogP contribution in [-0.2, 0) is 13.0 Å². The maximum atomic E-state index is 4.12. The molecule has 0 radical (unpaired) electrons. The Morgan fingerprint density at radius 2 is 1.87 bits per heavy atom. The Bertz CT molecular complexity index is 410. The summed E-state index contributed by atoms with van der Waals surface area (Å²) in [6.45, 7) is 5.34. The molecule has 0 saturated carbocycles. The van der Waals surface area contributed by atoms with Crippen molar-refractivity contribution in [3.05, 3.63) is 53.6 Å². The van der Waals surface area contributed by atoms with Gasteiger partial charge in [0.1, 0.15) is 0 Å². The Morgan fingerprint density at radius 3 is 2.47 bits per heavy atom. The van der Waals surface area contributed by atoms with Gasteiger partial charge in [-0.15, -0.1) is 0 Å². The molecule has 0 saturated heterocycles. The number of rotatable bonds is 3. The molecule has 15 heavy (non-hydrogen) atoms. The van der Waals surface area contributed by atoms with Crippen molar-refractivity contribution in [2.24, 2.45) is 0 Å². The summed E-state index contributed by atoms with van der Waals surface area (Å²) in [4.78, 5) is 4.12. The molecule has 0 aromatic carbocycles. The Kier molecular flexibility index (Phi) is 2.86. The fraction of sp³-hybridized carbons (Fsp3) is 0.308. The van der Waals surface area contributed by atoms with Crippen LogP contribution in [0.25, 0.3) is 0 Å². The molecule has 0 aliphatic carbocycles. The van der Waals surface area contributed by atoms with E-state index in [2.05, 4.69) is 41.6 Å². The zero-order valence-corrected chi connectivity index (χ0v) is 9.27. The van der Waals surface area contributed by atoms with E-state index in [0.29, 0.717) is 0 Å². The van der Waals surface area contributed by atoms with E-state index in [1.165, 1.54) is 17.0 Å². The normalized spacial score (nSPS) is 10.5. The van der Waals surface area contributed by atoms with Crippen molar-refractivity contribution < 1.29 is 0 Å². The molecule has 2 nitrogen and oxygen atoms in total. The van der Waals surface area contributed by atoms with Gasteiger partial charge in [-0.2, -0.15) is 0 Å². The van der Waals surface area contributed by atoms with Gasteiger partial charge in [-0.3, -0.25) is 4.98 Å². The second kappa shape index (κ2) is 4.30. The van der Waals surface area contributed by atoms with Crippen molar-refractivity contribution in [2.75, 3.05) is 0 Å². The van der Waals surface area contributed by atoms with E-state index in [4.69, 9.17) is 0 Å². The number of hydrogen-bond donors (Lipinski definition) is 0. The van der Waals surface area contributed by atoms with Crippen LogP contribution in [0, 0.1) is 13.8 Å². The lowest BCUT2D eigenvalue weighted by Gasteiger charge is -2.08. The van der Waals surface area contributed by atoms with Crippen molar-refractivity contribution in [2.45, 2.75) is 26.8 Å². The summed E-state index contributed by atoms with van der Waals surface area (Å²) < 4.78 is 2.34. The monoisotopic (exact) mass is 200 g/mol. The Balaban J connectivity index is 2.05. The number of pyridine rings is 1. The van der Waals surface area contributed by atoms with Crippen molar-refractivity contribution in [1.82, 2.24) is 9.55 Å². The minimum atomic E-state index is 1.04. The fourth-order valence-electron chi connectivity index (χ4n) is 1.84. The number of aryl methyl sites for hydroxylation is 3. The van der Waals surface area contributed by atoms with Gasteiger partial charge in [0.15, 0.2) is 0 Å². The molecule has 2 aromatic heterocycles. The molecule has 0 aliphatic heterocycles. The highest BCUT2D eigenvalue weighted by Gasteiger charge is 2.00. The average molecular weight is 200 g/mol. The molecule has 0 aliphatic rings. The summed E-state index contributed by atoms with van der Waals surface area (Å²) in [6, 6.07) is 8.45. The molecular formula is C13H16N2. The van der Waals surface area contributed by atoms with E-state index in [9.17, 15) is 0 Å². The first kappa shape index (κ1) is 9.97. The van der Waals surface area contributed by atoms with E-state index >= 15 is 0 Å². The molecule has 2 heterocycles. The van der Waals surface area contributed by atoms with E-state index < -0.39 is 0 Å². The third-order valence-electron chi connectivity index (χ3n) is 2.76. The molecule has 0 N–H and O–H groups in total. The van der Waals surface area contributed by atoms with Gasteiger partial charge in [0.2, 0.25) is 0 Å². The fourth-order valence-corrected chi connectivity index (χ4v) is 1.84. The quantitative estimate of drug-likeness (QED) is 0.745. The maximum Gasteiger partial charge on any atom is 0.0300 e. The van der Waals surface area contributed by atoms with Crippen LogP contribution in [0.3, 0.4) is 0 Å². The van der Waals surface area contributed by atoms with Crippen molar-refractivity contribution in [3.8, 4) is 0 Å². The molecule has 0 bridgehead atoms. The van der Waals surface area contributed by atoms with Crippen LogP contribution in [0.5, 0.6) is 0 Å². The Morgan fingerprint density at radius 1 is 1.13 bits per heavy atom. The molecular weight excluding hydrogens is 184 g/mol. The van der Waals surface area contributed by atoms with E-state index in [-0.39, 0.29) is 0 Å². The standard InChI is InChI=1S/C13H16N2/c1-11-5-6-12(2)15(11)9-7-13-4-3-8-14-10-13/h3-6,8,10H,7,9H2,1-2H3. The summed E-state index contributed by atoms with van der Waals surface area (Å²) in [5.41, 5.74) is 3.96. The predicted molar refractivity (Wildman–Crippen MR) is 61.8 cm³/mol. The van der Waals surface area contributed by atoms with Crippen LogP contribution in [0.2, 0.25) is 0 Å². The lowest BCUT2D eigenvalue weighted by Crippen LogP contribution is -2.04. The minimum Gasteiger partial charge on any atom is -0.349 e. The zero-order valence-electron chi connectivity index (χ0n) is 9.27. The molecule has 2 heteroatoms. The molecule has 2 rings (SSSR count). The number of nitrogens with zero attached hydrogens (tertiary/aromatic N) is 2. The van der Waals surface area contributed by atoms with Gasteiger partial charge in [-0.1, -0.05) is 6.07 Å². The van der Waals surface area contributed by atoms with Crippen molar-refractivity contribution >= 4 is 0 Å². The summed E-state index contributed by atoms with van der Waals surface area (Å²) >= 11 is 0. The Labute approximate surface area is 90.6 Å². The second-order valence-electron chi connectivity index (χ2n) is 3.88. The van der Waals surface area contributed by atoms with Gasteiger partial charge in [0.25, 0.3) is 0 Å². The molecule has 0 fully saturated rings. The first-order chi connectivity index (χ1) is 7.27. The third-order valence-corrected chi connectivity index (χ3v) is 2.76. The highest BCUT2D eigenvalue weighted by atomic mass is 15.0. The third kappa shape index (κ3) is 2.27. The van der Waals surface area contributed by atoms with Gasteiger partial charge in [0, 0.05) is 30.3 Å². The van der Waals surface area contributed by atoms with Gasteiger partial charge in [0.05, 0.1) is 0 Å². The Hall–Kier alpha value is -1.57. The van der Waals surface area contributed by atoms with Gasteiger partial charge < -0.3 is 4.57 Å². The van der Waals surface area contributed by atoms with Crippen LogP contribution in [0.15, 0.2) is 36.7 Å². The van der Waals surface area contributed by atoms with Crippen molar-refractivity contribution in [1.29, 1.82) is 0 Å². The highest BCUT2D eigenvalue weighted by Crippen LogP contribution is 2.08. The summed E-state index contributed by atoms with van der Waals surface area (Å²) in [5.74, 6) is 0. The van der Waals surface area contributed by atoms with Crippen LogP contribution in [-0.4, -0.2) is 9.55 Å². The van der Waals surface area contributed by atoms with Crippen LogP contribution >= 0.6 is 0 Å². The van der Waals surface area contributed by atoms with Gasteiger partial charge >= 0.3 is 0 Å². The second-order valence-corrected chi connectivity index (χ2v) is 3.88. The molecule has 78 valence electrons. The zero-order chi connectivity index (χ0) is 10.7. The lowest BCUT2D eigenvalue weighted by molar-refractivity contribution is 0.662. The first-order valence-electron chi connectivity index (χ1n) is 5.29. The number of aromatic nitrogens is 2. The van der Waals surface area contributed by atoms with Gasteiger partial charge in [-0.25, -0.2) is 0 Å². The molecule has 0 unspecified atom stereocenters. The molecule has 0 amide bonds.